The van der Waals surface area contributed by atoms with Gasteiger partial charge in [0.05, 0.1) is 18.1 Å². The standard InChI is InChI=1S/C25H18N2O2/c28-24-22-20-16-10-4-5-11-17(16)21(19-13-7-6-12-18(19)20)23(22)25(29)27(24)26-14-15-8-2-1-3-9-15/h1-14,20-23H/b26-14-/t20?,21?,22-,23+. The quantitative estimate of drug-likeness (QED) is 0.501. The highest BCUT2D eigenvalue weighted by molar-refractivity contribution is 6.08. The van der Waals surface area contributed by atoms with E-state index in [1.165, 1.54) is 22.3 Å². The summed E-state index contributed by atoms with van der Waals surface area (Å²) in [5, 5.41) is 5.42. The van der Waals surface area contributed by atoms with Gasteiger partial charge in [0.2, 0.25) is 0 Å². The van der Waals surface area contributed by atoms with Crippen molar-refractivity contribution in [2.45, 2.75) is 11.8 Å². The lowest BCUT2D eigenvalue weighted by atomic mass is 9.55. The molecule has 0 saturated carbocycles. The second-order valence-electron chi connectivity index (χ2n) is 7.91. The van der Waals surface area contributed by atoms with Crippen LogP contribution in [0.15, 0.2) is 84.0 Å². The van der Waals surface area contributed by atoms with Crippen LogP contribution in [-0.2, 0) is 9.59 Å². The lowest BCUT2D eigenvalue weighted by Gasteiger charge is -2.45. The highest BCUT2D eigenvalue weighted by Crippen LogP contribution is 2.60. The summed E-state index contributed by atoms with van der Waals surface area (Å²) in [6.07, 6.45) is 1.59. The van der Waals surface area contributed by atoms with Gasteiger partial charge in [-0.3, -0.25) is 9.59 Å². The average Bonchev–Trinajstić information content (AvgIpc) is 3.03. The van der Waals surface area contributed by atoms with Crippen molar-refractivity contribution >= 4 is 18.0 Å². The molecule has 0 N–H and O–H groups in total. The maximum atomic E-state index is 13.4. The molecule has 0 unspecified atom stereocenters. The molecule has 1 saturated heterocycles. The molecule has 140 valence electrons. The van der Waals surface area contributed by atoms with Crippen molar-refractivity contribution in [1.29, 1.82) is 0 Å². The van der Waals surface area contributed by atoms with Crippen LogP contribution in [-0.4, -0.2) is 23.0 Å². The Morgan fingerprint density at radius 3 is 1.48 bits per heavy atom. The molecule has 3 aliphatic carbocycles. The van der Waals surface area contributed by atoms with Crippen molar-refractivity contribution in [3.63, 3.8) is 0 Å². The van der Waals surface area contributed by atoms with E-state index in [9.17, 15) is 9.59 Å². The first-order chi connectivity index (χ1) is 14.3. The Bertz CT molecular complexity index is 1070. The molecule has 0 aromatic heterocycles. The predicted octanol–water partition coefficient (Wildman–Crippen LogP) is 3.91. The fourth-order valence-electron chi connectivity index (χ4n) is 5.44. The normalized spacial score (nSPS) is 26.6. The van der Waals surface area contributed by atoms with E-state index in [2.05, 4.69) is 29.4 Å². The Balaban J connectivity index is 1.48. The lowest BCUT2D eigenvalue weighted by molar-refractivity contribution is -0.139. The summed E-state index contributed by atoms with van der Waals surface area (Å²) in [6.45, 7) is 0. The number of carbonyl (C=O) groups is 2. The van der Waals surface area contributed by atoms with Crippen LogP contribution in [0, 0.1) is 11.8 Å². The molecule has 7 rings (SSSR count). The molecule has 2 bridgehead atoms. The van der Waals surface area contributed by atoms with Crippen LogP contribution in [0.2, 0.25) is 0 Å². The average molecular weight is 378 g/mol. The van der Waals surface area contributed by atoms with E-state index in [1.54, 1.807) is 6.21 Å². The van der Waals surface area contributed by atoms with Crippen LogP contribution >= 0.6 is 0 Å². The fourth-order valence-corrected chi connectivity index (χ4v) is 5.44. The molecule has 1 fully saturated rings. The van der Waals surface area contributed by atoms with Crippen molar-refractivity contribution < 1.29 is 9.59 Å². The summed E-state index contributed by atoms with van der Waals surface area (Å²) in [5.74, 6) is -1.33. The molecular formula is C25H18N2O2. The number of hydrogen-bond acceptors (Lipinski definition) is 3. The Hall–Kier alpha value is -3.53. The van der Waals surface area contributed by atoms with Gasteiger partial charge in [-0.25, -0.2) is 0 Å². The van der Waals surface area contributed by atoms with Crippen molar-refractivity contribution in [3.8, 4) is 0 Å². The maximum absolute atomic E-state index is 13.4. The molecule has 29 heavy (non-hydrogen) atoms. The first kappa shape index (κ1) is 16.4. The first-order valence-corrected chi connectivity index (χ1v) is 9.90. The van der Waals surface area contributed by atoms with Crippen LogP contribution in [0.5, 0.6) is 0 Å². The minimum atomic E-state index is -0.384. The summed E-state index contributed by atoms with van der Waals surface area (Å²) in [5.41, 5.74) is 5.55. The second kappa shape index (κ2) is 5.98. The Kier molecular flexibility index (Phi) is 3.39. The Labute approximate surface area is 168 Å². The van der Waals surface area contributed by atoms with E-state index in [0.717, 1.165) is 10.6 Å². The topological polar surface area (TPSA) is 49.7 Å². The van der Waals surface area contributed by atoms with Crippen molar-refractivity contribution in [1.82, 2.24) is 5.01 Å². The number of hydrogen-bond donors (Lipinski definition) is 0. The number of imide groups is 1. The van der Waals surface area contributed by atoms with Crippen LogP contribution in [0.4, 0.5) is 0 Å². The van der Waals surface area contributed by atoms with Gasteiger partial charge in [0.15, 0.2) is 0 Å². The molecule has 4 nitrogen and oxygen atoms in total. The third-order valence-electron chi connectivity index (χ3n) is 6.55. The van der Waals surface area contributed by atoms with Gasteiger partial charge in [-0.1, -0.05) is 78.9 Å². The summed E-state index contributed by atoms with van der Waals surface area (Å²) in [4.78, 5) is 26.7. The van der Waals surface area contributed by atoms with E-state index in [-0.39, 0.29) is 35.5 Å². The van der Waals surface area contributed by atoms with E-state index in [4.69, 9.17) is 0 Å². The number of carbonyl (C=O) groups excluding carboxylic acids is 2. The lowest BCUT2D eigenvalue weighted by Crippen LogP contribution is -2.41. The number of rotatable bonds is 2. The minimum absolute atomic E-state index is 0.0919. The van der Waals surface area contributed by atoms with E-state index in [0.29, 0.717) is 0 Å². The molecule has 2 atom stereocenters. The largest absolute Gasteiger partial charge is 0.272 e. The van der Waals surface area contributed by atoms with Gasteiger partial charge in [-0.15, -0.1) is 0 Å². The van der Waals surface area contributed by atoms with Gasteiger partial charge in [0.1, 0.15) is 0 Å². The number of nitrogens with zero attached hydrogens (tertiary/aromatic N) is 2. The highest BCUT2D eigenvalue weighted by atomic mass is 16.2. The van der Waals surface area contributed by atoms with E-state index in [1.807, 2.05) is 54.6 Å². The molecule has 1 aliphatic heterocycles. The zero-order chi connectivity index (χ0) is 19.5. The molecular weight excluding hydrogens is 360 g/mol. The maximum Gasteiger partial charge on any atom is 0.254 e. The smallest absolute Gasteiger partial charge is 0.254 e. The third-order valence-corrected chi connectivity index (χ3v) is 6.55. The molecule has 4 heteroatoms. The third kappa shape index (κ3) is 2.17. The summed E-state index contributed by atoms with van der Waals surface area (Å²) in [7, 11) is 0. The van der Waals surface area contributed by atoms with E-state index < -0.39 is 0 Å². The van der Waals surface area contributed by atoms with E-state index >= 15 is 0 Å². The van der Waals surface area contributed by atoms with Crippen LogP contribution in [0.3, 0.4) is 0 Å². The van der Waals surface area contributed by atoms with Crippen molar-refractivity contribution in [3.05, 3.63) is 107 Å². The monoisotopic (exact) mass is 378 g/mol. The number of amides is 2. The second-order valence-corrected chi connectivity index (χ2v) is 7.91. The van der Waals surface area contributed by atoms with Crippen molar-refractivity contribution in [2.75, 3.05) is 0 Å². The van der Waals surface area contributed by atoms with Gasteiger partial charge >= 0.3 is 0 Å². The predicted molar refractivity (Wildman–Crippen MR) is 109 cm³/mol. The van der Waals surface area contributed by atoms with Gasteiger partial charge in [0, 0.05) is 11.8 Å². The summed E-state index contributed by atoms with van der Waals surface area (Å²) in [6, 6.07) is 26.0. The van der Waals surface area contributed by atoms with Gasteiger partial charge < -0.3 is 0 Å². The highest BCUT2D eigenvalue weighted by Gasteiger charge is 2.61. The number of benzene rings is 3. The summed E-state index contributed by atoms with van der Waals surface area (Å²) < 4.78 is 0. The molecule has 3 aromatic rings. The zero-order valence-electron chi connectivity index (χ0n) is 15.6. The molecule has 3 aromatic carbocycles. The SMILES string of the molecule is O=C1[C@@H]2C3c4ccccc4C(c4ccccc43)[C@@H]2C(=O)N1/N=C\c1ccccc1. The van der Waals surface area contributed by atoms with Crippen molar-refractivity contribution in [2.24, 2.45) is 16.9 Å². The van der Waals surface area contributed by atoms with Gasteiger partial charge in [0.25, 0.3) is 11.8 Å². The summed E-state index contributed by atoms with van der Waals surface area (Å²) >= 11 is 0. The zero-order valence-corrected chi connectivity index (χ0v) is 15.6. The van der Waals surface area contributed by atoms with Crippen LogP contribution in [0.25, 0.3) is 0 Å². The molecule has 2 amide bonds. The van der Waals surface area contributed by atoms with Gasteiger partial charge in [-0.05, 0) is 27.8 Å². The molecule has 1 heterocycles. The molecule has 4 aliphatic rings. The van der Waals surface area contributed by atoms with Crippen LogP contribution in [0.1, 0.15) is 39.7 Å². The Morgan fingerprint density at radius 1 is 0.621 bits per heavy atom. The Morgan fingerprint density at radius 2 is 1.03 bits per heavy atom. The minimum Gasteiger partial charge on any atom is -0.272 e. The first-order valence-electron chi connectivity index (χ1n) is 9.90. The molecule has 0 radical (unpaired) electrons. The molecule has 0 spiro atoms. The number of hydrazone groups is 1. The van der Waals surface area contributed by atoms with Crippen LogP contribution < -0.4 is 0 Å². The van der Waals surface area contributed by atoms with Gasteiger partial charge in [-0.2, -0.15) is 10.1 Å². The fraction of sp³-hybridized carbons (Fsp3) is 0.160.